The molecule has 2 aliphatic carbocycles. The third-order valence-corrected chi connectivity index (χ3v) is 6.17. The Balaban J connectivity index is 1.36. The van der Waals surface area contributed by atoms with E-state index >= 15 is 0 Å². The van der Waals surface area contributed by atoms with Gasteiger partial charge in [-0.05, 0) is 42.7 Å². The van der Waals surface area contributed by atoms with E-state index in [1.54, 1.807) is 17.0 Å². The number of hydrogen-bond donors (Lipinski definition) is 1. The molecule has 0 spiro atoms. The molecule has 1 saturated heterocycles. The first-order valence-corrected chi connectivity index (χ1v) is 8.83. The standard InChI is InChI=1S/C18H16F3N3O3/c19-18(20,21)17-22-15(23-27-17)8-1-3-9(4-2-8)16(26)24-7-11-5-10-6-12(11)13(24)14(10)25/h1-4,10-14,25H,5-7H2/t10-,11-,12+,13-,14-/m0/s1. The fourth-order valence-electron chi connectivity index (χ4n) is 5.03. The molecule has 27 heavy (non-hydrogen) atoms. The summed E-state index contributed by atoms with van der Waals surface area (Å²) < 4.78 is 41.9. The number of nitrogens with zero attached hydrogens (tertiary/aromatic N) is 3. The molecule has 1 amide bonds. The van der Waals surface area contributed by atoms with Gasteiger partial charge in [0.25, 0.3) is 5.91 Å². The summed E-state index contributed by atoms with van der Waals surface area (Å²) in [5.41, 5.74) is 0.753. The lowest BCUT2D eigenvalue weighted by Gasteiger charge is -2.29. The largest absolute Gasteiger partial charge is 0.471 e. The second-order valence-electron chi connectivity index (χ2n) is 7.59. The van der Waals surface area contributed by atoms with Gasteiger partial charge in [-0.15, -0.1) is 0 Å². The van der Waals surface area contributed by atoms with E-state index in [1.807, 2.05) is 0 Å². The summed E-state index contributed by atoms with van der Waals surface area (Å²) in [4.78, 5) is 18.0. The maximum atomic E-state index is 12.9. The van der Waals surface area contributed by atoms with E-state index in [4.69, 9.17) is 0 Å². The number of alkyl halides is 3. The van der Waals surface area contributed by atoms with Crippen molar-refractivity contribution in [2.45, 2.75) is 31.2 Å². The Labute approximate surface area is 152 Å². The SMILES string of the molecule is O=C(c1ccc(-c2noc(C(F)(F)F)n2)cc1)N1C[C@@H]2C[C@H]3C[C@H]2[C@H]1[C@H]3O. The van der Waals surface area contributed by atoms with Crippen molar-refractivity contribution in [3.63, 3.8) is 0 Å². The normalized spacial score (nSPS) is 31.7. The van der Waals surface area contributed by atoms with E-state index in [-0.39, 0.29) is 17.8 Å². The lowest BCUT2D eigenvalue weighted by Crippen LogP contribution is -2.43. The number of hydrogen-bond acceptors (Lipinski definition) is 5. The van der Waals surface area contributed by atoms with Crippen molar-refractivity contribution in [3.05, 3.63) is 35.7 Å². The summed E-state index contributed by atoms with van der Waals surface area (Å²) in [6.07, 6.45) is -3.20. The van der Waals surface area contributed by atoms with E-state index in [0.717, 1.165) is 12.8 Å². The summed E-state index contributed by atoms with van der Waals surface area (Å²) in [5, 5.41) is 13.8. The highest BCUT2D eigenvalue weighted by atomic mass is 19.4. The molecular formula is C18H16F3N3O3. The van der Waals surface area contributed by atoms with Crippen molar-refractivity contribution < 1.29 is 27.6 Å². The molecule has 142 valence electrons. The van der Waals surface area contributed by atoms with Crippen LogP contribution in [0, 0.1) is 17.8 Å². The lowest BCUT2D eigenvalue weighted by molar-refractivity contribution is -0.159. The van der Waals surface area contributed by atoms with Gasteiger partial charge in [0.15, 0.2) is 0 Å². The monoisotopic (exact) mass is 379 g/mol. The maximum absolute atomic E-state index is 12.9. The summed E-state index contributed by atoms with van der Waals surface area (Å²) in [5.74, 6) is -0.611. The van der Waals surface area contributed by atoms with Gasteiger partial charge in [0.1, 0.15) is 0 Å². The summed E-state index contributed by atoms with van der Waals surface area (Å²) in [6.45, 7) is 0.656. The van der Waals surface area contributed by atoms with Gasteiger partial charge in [-0.25, -0.2) is 0 Å². The highest BCUT2D eigenvalue weighted by molar-refractivity contribution is 5.95. The maximum Gasteiger partial charge on any atom is 0.471 e. The van der Waals surface area contributed by atoms with Crippen molar-refractivity contribution in [2.24, 2.45) is 17.8 Å². The average molecular weight is 379 g/mol. The van der Waals surface area contributed by atoms with E-state index in [1.165, 1.54) is 12.1 Å². The van der Waals surface area contributed by atoms with E-state index in [0.29, 0.717) is 35.4 Å². The number of likely N-dealkylation sites (tertiary alicyclic amines) is 1. The molecule has 1 N–H and O–H groups in total. The van der Waals surface area contributed by atoms with E-state index in [9.17, 15) is 23.1 Å². The Hall–Kier alpha value is -2.42. The van der Waals surface area contributed by atoms with Crippen molar-refractivity contribution in [3.8, 4) is 11.4 Å². The number of benzene rings is 1. The van der Waals surface area contributed by atoms with Crippen molar-refractivity contribution in [1.82, 2.24) is 15.0 Å². The molecule has 2 bridgehead atoms. The molecule has 3 aliphatic rings. The van der Waals surface area contributed by atoms with Crippen LogP contribution in [0.15, 0.2) is 28.8 Å². The minimum absolute atomic E-state index is 0.118. The van der Waals surface area contributed by atoms with Crippen LogP contribution in [0.3, 0.4) is 0 Å². The van der Waals surface area contributed by atoms with Crippen LogP contribution >= 0.6 is 0 Å². The van der Waals surface area contributed by atoms with Gasteiger partial charge in [-0.3, -0.25) is 4.79 Å². The Bertz CT molecular complexity index is 893. The third-order valence-electron chi connectivity index (χ3n) is 6.17. The molecule has 5 rings (SSSR count). The van der Waals surface area contributed by atoms with Crippen LogP contribution in [0.4, 0.5) is 13.2 Å². The van der Waals surface area contributed by atoms with Crippen LogP contribution in [0.1, 0.15) is 29.1 Å². The second-order valence-corrected chi connectivity index (χ2v) is 7.59. The number of amides is 1. The van der Waals surface area contributed by atoms with Crippen LogP contribution in [0.5, 0.6) is 0 Å². The minimum atomic E-state index is -4.70. The molecule has 9 heteroatoms. The van der Waals surface area contributed by atoms with Gasteiger partial charge in [0, 0.05) is 17.7 Å². The van der Waals surface area contributed by atoms with Gasteiger partial charge in [-0.1, -0.05) is 17.3 Å². The molecule has 0 radical (unpaired) electrons. The van der Waals surface area contributed by atoms with E-state index < -0.39 is 18.2 Å². The molecule has 1 aromatic carbocycles. The molecular weight excluding hydrogens is 363 g/mol. The number of carbonyl (C=O) groups is 1. The molecule has 0 unspecified atom stereocenters. The number of rotatable bonds is 2. The molecule has 2 saturated carbocycles. The average Bonchev–Trinajstić information content (AvgIpc) is 3.36. The summed E-state index contributed by atoms with van der Waals surface area (Å²) in [6, 6.07) is 5.96. The van der Waals surface area contributed by atoms with Gasteiger partial charge in [0.2, 0.25) is 5.82 Å². The van der Waals surface area contributed by atoms with Gasteiger partial charge in [0.05, 0.1) is 12.1 Å². The van der Waals surface area contributed by atoms with Crippen LogP contribution in [-0.4, -0.2) is 44.7 Å². The van der Waals surface area contributed by atoms with Gasteiger partial charge >= 0.3 is 12.1 Å². The zero-order chi connectivity index (χ0) is 18.9. The highest BCUT2D eigenvalue weighted by Crippen LogP contribution is 2.55. The fourth-order valence-corrected chi connectivity index (χ4v) is 5.03. The van der Waals surface area contributed by atoms with Gasteiger partial charge in [-0.2, -0.15) is 18.2 Å². The highest BCUT2D eigenvalue weighted by Gasteiger charge is 2.59. The minimum Gasteiger partial charge on any atom is -0.391 e. The number of carbonyl (C=O) groups excluding carboxylic acids is 1. The molecule has 2 aromatic rings. The Morgan fingerprint density at radius 1 is 1.19 bits per heavy atom. The molecule has 2 heterocycles. The molecule has 1 aromatic heterocycles. The van der Waals surface area contributed by atoms with E-state index in [2.05, 4.69) is 14.7 Å². The Kier molecular flexibility index (Phi) is 3.43. The van der Waals surface area contributed by atoms with Crippen LogP contribution in [0.25, 0.3) is 11.4 Å². The van der Waals surface area contributed by atoms with Gasteiger partial charge < -0.3 is 14.5 Å². The summed E-state index contributed by atoms with van der Waals surface area (Å²) in [7, 11) is 0. The van der Waals surface area contributed by atoms with Crippen molar-refractivity contribution in [1.29, 1.82) is 0 Å². The fraction of sp³-hybridized carbons (Fsp3) is 0.500. The third kappa shape index (κ3) is 2.48. The number of aliphatic hydroxyl groups is 1. The number of aromatic nitrogens is 2. The first-order chi connectivity index (χ1) is 12.8. The second kappa shape index (κ2) is 5.54. The topological polar surface area (TPSA) is 79.5 Å². The smallest absolute Gasteiger partial charge is 0.391 e. The first-order valence-electron chi connectivity index (χ1n) is 8.83. The lowest BCUT2D eigenvalue weighted by atomic mass is 9.88. The molecule has 1 aliphatic heterocycles. The van der Waals surface area contributed by atoms with Crippen LogP contribution in [0.2, 0.25) is 0 Å². The zero-order valence-corrected chi connectivity index (χ0v) is 14.1. The number of fused-ring (bicyclic) bond motifs is 1. The van der Waals surface area contributed by atoms with Crippen LogP contribution < -0.4 is 0 Å². The molecule has 3 fully saturated rings. The quantitative estimate of drug-likeness (QED) is 0.868. The molecule has 6 nitrogen and oxygen atoms in total. The zero-order valence-electron chi connectivity index (χ0n) is 14.1. The Morgan fingerprint density at radius 2 is 1.93 bits per heavy atom. The molecule has 5 atom stereocenters. The number of halogens is 3. The van der Waals surface area contributed by atoms with Crippen molar-refractivity contribution >= 4 is 5.91 Å². The van der Waals surface area contributed by atoms with Crippen LogP contribution in [-0.2, 0) is 6.18 Å². The predicted octanol–water partition coefficient (Wildman–Crippen LogP) is 2.60. The first kappa shape index (κ1) is 16.7. The predicted molar refractivity (Wildman–Crippen MR) is 85.3 cm³/mol. The summed E-state index contributed by atoms with van der Waals surface area (Å²) >= 11 is 0. The van der Waals surface area contributed by atoms with Crippen molar-refractivity contribution in [2.75, 3.05) is 6.54 Å². The Morgan fingerprint density at radius 3 is 2.56 bits per heavy atom. The number of aliphatic hydroxyl groups excluding tert-OH is 1.